The SMILES string of the molecule is CC/C=C\C/C=C\C/C=C\C/C=C\C/C=C\CCCCCC(=O)OC[C@@H](COC(=O)CCCCCCC/C=C\CCCCCCCCC)OC(=O)CCCCC/C=C\C/C=C\C/C=C\C/C=C\C/C=C\CC. The molecule has 1 atom stereocenters. The maximum Gasteiger partial charge on any atom is 0.306 e. The van der Waals surface area contributed by atoms with Crippen molar-refractivity contribution >= 4 is 17.9 Å². The summed E-state index contributed by atoms with van der Waals surface area (Å²) in [7, 11) is 0. The van der Waals surface area contributed by atoms with Crippen LogP contribution in [-0.2, 0) is 28.6 Å². The predicted octanol–water partition coefficient (Wildman–Crippen LogP) is 19.8. The maximum absolute atomic E-state index is 12.9. The first-order valence-electron chi connectivity index (χ1n) is 29.2. The van der Waals surface area contributed by atoms with Crippen molar-refractivity contribution in [3.63, 3.8) is 0 Å². The molecule has 0 amide bonds. The van der Waals surface area contributed by atoms with Crippen LogP contribution in [0.3, 0.4) is 0 Å². The van der Waals surface area contributed by atoms with Gasteiger partial charge in [0.1, 0.15) is 13.2 Å². The monoisotopic (exact) mass is 995 g/mol. The standard InChI is InChI=1S/C66H106O6/c1-4-7-10-13-16-19-22-25-28-31-33-35-38-41-44-47-50-53-56-59-65(68)71-62-63(61-70-64(67)58-55-52-49-46-43-40-37-30-27-24-21-18-15-12-9-6-3)72-66(69)60-57-54-51-48-45-42-39-36-34-32-29-26-23-20-17-14-11-8-5-2/h7-8,10-11,16-17,19-20,25-26,28-30,33-37,41-42,44-45,63H,4-6,9,12-15,18,21-24,27,31-32,38-40,43,46-62H2,1-3H3/b10-7-,11-8-,19-16-,20-17-,28-25-,29-26-,35-33-,36-34-,37-30-,44-41-,45-42-/t63-/m1/s1. The minimum atomic E-state index is -0.819. The molecule has 6 nitrogen and oxygen atoms in total. The van der Waals surface area contributed by atoms with Gasteiger partial charge >= 0.3 is 17.9 Å². The molecule has 72 heavy (non-hydrogen) atoms. The van der Waals surface area contributed by atoms with Crippen molar-refractivity contribution in [2.45, 2.75) is 252 Å². The van der Waals surface area contributed by atoms with Crippen LogP contribution in [-0.4, -0.2) is 37.2 Å². The molecule has 0 aromatic heterocycles. The van der Waals surface area contributed by atoms with Crippen LogP contribution in [0.4, 0.5) is 0 Å². The number of carbonyl (C=O) groups is 3. The Morgan fingerprint density at radius 1 is 0.292 bits per heavy atom. The summed E-state index contributed by atoms with van der Waals surface area (Å²) in [6.45, 7) is 6.34. The van der Waals surface area contributed by atoms with Crippen LogP contribution in [0.1, 0.15) is 245 Å². The number of hydrogen-bond donors (Lipinski definition) is 0. The molecule has 0 spiro atoms. The molecule has 0 aromatic carbocycles. The summed E-state index contributed by atoms with van der Waals surface area (Å²) >= 11 is 0. The molecular weight excluding hydrogens is 889 g/mol. The topological polar surface area (TPSA) is 78.9 Å². The van der Waals surface area contributed by atoms with Gasteiger partial charge in [-0.2, -0.15) is 0 Å². The van der Waals surface area contributed by atoms with Crippen molar-refractivity contribution in [3.05, 3.63) is 134 Å². The van der Waals surface area contributed by atoms with Gasteiger partial charge in [0.2, 0.25) is 0 Å². The lowest BCUT2D eigenvalue weighted by molar-refractivity contribution is -0.167. The third-order valence-corrected chi connectivity index (χ3v) is 11.9. The van der Waals surface area contributed by atoms with Crippen LogP contribution < -0.4 is 0 Å². The molecule has 406 valence electrons. The van der Waals surface area contributed by atoms with Gasteiger partial charge in [-0.3, -0.25) is 14.4 Å². The van der Waals surface area contributed by atoms with Gasteiger partial charge in [0.15, 0.2) is 6.10 Å². The molecule has 0 aliphatic rings. The van der Waals surface area contributed by atoms with Crippen molar-refractivity contribution in [1.29, 1.82) is 0 Å². The normalized spacial score (nSPS) is 13.1. The molecule has 0 aliphatic heterocycles. The third-order valence-electron chi connectivity index (χ3n) is 11.9. The van der Waals surface area contributed by atoms with E-state index >= 15 is 0 Å². The van der Waals surface area contributed by atoms with E-state index in [2.05, 4.69) is 154 Å². The number of unbranched alkanes of at least 4 members (excludes halogenated alkanes) is 18. The number of carbonyl (C=O) groups excluding carboxylic acids is 3. The average molecular weight is 996 g/mol. The quantitative estimate of drug-likeness (QED) is 0.0261. The highest BCUT2D eigenvalue weighted by atomic mass is 16.6. The van der Waals surface area contributed by atoms with E-state index in [0.29, 0.717) is 19.3 Å². The highest BCUT2D eigenvalue weighted by Crippen LogP contribution is 2.13. The minimum Gasteiger partial charge on any atom is -0.462 e. The van der Waals surface area contributed by atoms with Gasteiger partial charge in [0, 0.05) is 19.3 Å². The molecule has 0 rings (SSSR count). The first kappa shape index (κ1) is 67.5. The van der Waals surface area contributed by atoms with E-state index in [1.165, 1.54) is 57.8 Å². The third kappa shape index (κ3) is 56.5. The molecular formula is C66H106O6. The molecule has 6 heteroatoms. The van der Waals surface area contributed by atoms with Gasteiger partial charge < -0.3 is 14.2 Å². The molecule has 0 N–H and O–H groups in total. The Morgan fingerprint density at radius 3 is 0.875 bits per heavy atom. The Balaban J connectivity index is 4.55. The molecule has 0 aliphatic carbocycles. The summed E-state index contributed by atoms with van der Waals surface area (Å²) < 4.78 is 16.8. The first-order chi connectivity index (χ1) is 35.5. The van der Waals surface area contributed by atoms with Crippen molar-refractivity contribution < 1.29 is 28.6 Å². The fourth-order valence-corrected chi connectivity index (χ4v) is 7.55. The summed E-state index contributed by atoms with van der Waals surface area (Å²) in [4.78, 5) is 38.2. The molecule has 0 heterocycles. The Bertz CT molecular complexity index is 1560. The van der Waals surface area contributed by atoms with Gasteiger partial charge in [-0.1, -0.05) is 225 Å². The minimum absolute atomic E-state index is 0.111. The zero-order valence-electron chi connectivity index (χ0n) is 46.4. The summed E-state index contributed by atoms with van der Waals surface area (Å²) in [5.74, 6) is -0.987. The van der Waals surface area contributed by atoms with Crippen LogP contribution in [0.2, 0.25) is 0 Å². The molecule has 0 aromatic rings. The van der Waals surface area contributed by atoms with Crippen LogP contribution >= 0.6 is 0 Å². The van der Waals surface area contributed by atoms with Crippen molar-refractivity contribution in [2.75, 3.05) is 13.2 Å². The van der Waals surface area contributed by atoms with Crippen molar-refractivity contribution in [2.24, 2.45) is 0 Å². The zero-order valence-corrected chi connectivity index (χ0v) is 46.4. The molecule has 0 bridgehead atoms. The van der Waals surface area contributed by atoms with Crippen molar-refractivity contribution in [1.82, 2.24) is 0 Å². The Hall–Kier alpha value is -4.45. The Labute approximate surface area is 443 Å². The van der Waals surface area contributed by atoms with Gasteiger partial charge in [-0.25, -0.2) is 0 Å². The first-order valence-corrected chi connectivity index (χ1v) is 29.2. The zero-order chi connectivity index (χ0) is 52.2. The second-order valence-electron chi connectivity index (χ2n) is 18.8. The van der Waals surface area contributed by atoms with Gasteiger partial charge in [-0.15, -0.1) is 0 Å². The van der Waals surface area contributed by atoms with Crippen LogP contribution in [0.5, 0.6) is 0 Å². The van der Waals surface area contributed by atoms with E-state index < -0.39 is 6.10 Å². The van der Waals surface area contributed by atoms with Gasteiger partial charge in [0.25, 0.3) is 0 Å². The summed E-state index contributed by atoms with van der Waals surface area (Å²) in [5, 5.41) is 0. The summed E-state index contributed by atoms with van der Waals surface area (Å²) in [6.07, 6.45) is 82.9. The molecule has 0 saturated heterocycles. The second-order valence-corrected chi connectivity index (χ2v) is 18.8. The van der Waals surface area contributed by atoms with Gasteiger partial charge in [-0.05, 0) is 135 Å². The highest BCUT2D eigenvalue weighted by molar-refractivity contribution is 5.71. The smallest absolute Gasteiger partial charge is 0.306 e. The Kier molecular flexibility index (Phi) is 55.5. The van der Waals surface area contributed by atoms with E-state index in [1.54, 1.807) is 0 Å². The van der Waals surface area contributed by atoms with E-state index in [-0.39, 0.29) is 37.5 Å². The number of hydrogen-bond acceptors (Lipinski definition) is 6. The Morgan fingerprint density at radius 2 is 0.542 bits per heavy atom. The van der Waals surface area contributed by atoms with Crippen molar-refractivity contribution in [3.8, 4) is 0 Å². The van der Waals surface area contributed by atoms with E-state index in [4.69, 9.17) is 14.2 Å². The largest absolute Gasteiger partial charge is 0.462 e. The van der Waals surface area contributed by atoms with Crippen LogP contribution in [0, 0.1) is 0 Å². The molecule has 0 unspecified atom stereocenters. The van der Waals surface area contributed by atoms with E-state index in [0.717, 1.165) is 141 Å². The van der Waals surface area contributed by atoms with Crippen LogP contribution in [0.25, 0.3) is 0 Å². The highest BCUT2D eigenvalue weighted by Gasteiger charge is 2.19. The lowest BCUT2D eigenvalue weighted by Crippen LogP contribution is -2.30. The lowest BCUT2D eigenvalue weighted by atomic mass is 10.1. The van der Waals surface area contributed by atoms with E-state index in [1.807, 2.05) is 0 Å². The average Bonchev–Trinajstić information content (AvgIpc) is 3.38. The molecule has 0 fully saturated rings. The molecule has 0 saturated carbocycles. The fraction of sp³-hybridized carbons (Fsp3) is 0.621. The predicted molar refractivity (Wildman–Crippen MR) is 311 cm³/mol. The van der Waals surface area contributed by atoms with Gasteiger partial charge in [0.05, 0.1) is 0 Å². The lowest BCUT2D eigenvalue weighted by Gasteiger charge is -2.18. The second kappa shape index (κ2) is 59.1. The van der Waals surface area contributed by atoms with E-state index in [9.17, 15) is 14.4 Å². The summed E-state index contributed by atoms with van der Waals surface area (Å²) in [6, 6.07) is 0. The number of esters is 3. The number of rotatable bonds is 51. The molecule has 0 radical (unpaired) electrons. The van der Waals surface area contributed by atoms with Crippen LogP contribution in [0.15, 0.2) is 134 Å². The fourth-order valence-electron chi connectivity index (χ4n) is 7.55. The number of ether oxygens (including phenoxy) is 3. The summed E-state index contributed by atoms with van der Waals surface area (Å²) in [5.41, 5.74) is 0. The maximum atomic E-state index is 12.9. The number of allylic oxidation sites excluding steroid dienone is 22.